The first kappa shape index (κ1) is 19.6. The molecule has 3 aromatic carbocycles. The number of nitrogens with zero attached hydrogens (tertiary/aromatic N) is 2. The Hall–Kier alpha value is -3.31. The minimum Gasteiger partial charge on any atom is -0.497 e. The highest BCUT2D eigenvalue weighted by atomic mass is 32.2. The van der Waals surface area contributed by atoms with E-state index in [0.29, 0.717) is 5.75 Å². The van der Waals surface area contributed by atoms with Gasteiger partial charge in [-0.3, -0.25) is 4.79 Å². The summed E-state index contributed by atoms with van der Waals surface area (Å²) in [6.45, 7) is 0.746. The molecule has 0 atom stereocenters. The van der Waals surface area contributed by atoms with Crippen LogP contribution in [0.5, 0.6) is 5.75 Å². The second kappa shape index (κ2) is 8.44. The van der Waals surface area contributed by atoms with Crippen molar-refractivity contribution in [3.63, 3.8) is 0 Å². The molecule has 0 saturated heterocycles. The number of anilines is 1. The van der Waals surface area contributed by atoms with Gasteiger partial charge in [0.2, 0.25) is 5.91 Å². The van der Waals surface area contributed by atoms with Gasteiger partial charge in [-0.2, -0.15) is 0 Å². The average molecular weight is 427 g/mol. The molecule has 0 aliphatic carbocycles. The first-order valence-corrected chi connectivity index (χ1v) is 11.3. The fourth-order valence-electron chi connectivity index (χ4n) is 4.05. The maximum absolute atomic E-state index is 13.0. The third-order valence-corrected chi connectivity index (χ3v) is 6.51. The van der Waals surface area contributed by atoms with Crippen molar-refractivity contribution in [2.45, 2.75) is 11.4 Å². The van der Waals surface area contributed by atoms with Gasteiger partial charge >= 0.3 is 0 Å². The van der Waals surface area contributed by atoms with Crippen LogP contribution in [-0.2, 0) is 11.2 Å². The van der Waals surface area contributed by atoms with Crippen molar-refractivity contribution in [3.05, 3.63) is 84.4 Å². The highest BCUT2D eigenvalue weighted by molar-refractivity contribution is 7.99. The molecule has 154 valence electrons. The Balaban J connectivity index is 1.45. The topological polar surface area (TPSA) is 42.4 Å². The number of amides is 1. The monoisotopic (exact) mass is 426 g/mol. The third kappa shape index (κ3) is 3.89. The van der Waals surface area contributed by atoms with E-state index in [1.165, 1.54) is 17.3 Å². The van der Waals surface area contributed by atoms with E-state index < -0.39 is 0 Å². The van der Waals surface area contributed by atoms with E-state index >= 15 is 0 Å². The molecule has 0 unspecified atom stereocenters. The molecule has 4 aromatic rings. The van der Waals surface area contributed by atoms with Crippen molar-refractivity contribution in [1.29, 1.82) is 0 Å². The summed E-state index contributed by atoms with van der Waals surface area (Å²) in [7, 11) is 1.66. The van der Waals surface area contributed by atoms with Gasteiger partial charge in [0.05, 0.1) is 23.4 Å². The predicted octanol–water partition coefficient (Wildman–Crippen LogP) is 5.59. The molecule has 0 spiro atoms. The van der Waals surface area contributed by atoms with Gasteiger partial charge < -0.3 is 9.64 Å². The largest absolute Gasteiger partial charge is 0.497 e. The van der Waals surface area contributed by atoms with Gasteiger partial charge in [0, 0.05) is 23.7 Å². The van der Waals surface area contributed by atoms with Gasteiger partial charge in [-0.1, -0.05) is 60.3 Å². The standard InChI is InChI=1S/C26H22N2O2S/c1-30-20-11-12-21-22(18-7-3-2-4-8-18)16-25(27-23(21)15-20)31-17-26(29)28-14-13-19-9-5-6-10-24(19)28/h2-12,15-16H,13-14,17H2,1H3. The smallest absolute Gasteiger partial charge is 0.237 e. The van der Waals surface area contributed by atoms with E-state index in [0.717, 1.165) is 51.5 Å². The molecule has 0 radical (unpaired) electrons. The molecule has 31 heavy (non-hydrogen) atoms. The SMILES string of the molecule is COc1ccc2c(-c3ccccc3)cc(SCC(=O)N3CCc4ccccc43)nc2c1. The van der Waals surface area contributed by atoms with E-state index in [1.807, 2.05) is 59.5 Å². The van der Waals surface area contributed by atoms with Crippen LogP contribution in [0.1, 0.15) is 5.56 Å². The number of carbonyl (C=O) groups is 1. The molecular weight excluding hydrogens is 404 g/mol. The second-order valence-electron chi connectivity index (χ2n) is 7.47. The zero-order valence-corrected chi connectivity index (χ0v) is 18.1. The number of carbonyl (C=O) groups excluding carboxylic acids is 1. The predicted molar refractivity (Wildman–Crippen MR) is 127 cm³/mol. The van der Waals surface area contributed by atoms with E-state index in [9.17, 15) is 4.79 Å². The quantitative estimate of drug-likeness (QED) is 0.390. The van der Waals surface area contributed by atoms with Crippen molar-refractivity contribution >= 4 is 34.3 Å². The molecule has 5 heteroatoms. The van der Waals surface area contributed by atoms with Crippen LogP contribution in [-0.4, -0.2) is 30.3 Å². The van der Waals surface area contributed by atoms with Crippen LogP contribution in [0.3, 0.4) is 0 Å². The lowest BCUT2D eigenvalue weighted by Crippen LogP contribution is -2.30. The zero-order chi connectivity index (χ0) is 21.2. The van der Waals surface area contributed by atoms with Gasteiger partial charge in [0.25, 0.3) is 0 Å². The van der Waals surface area contributed by atoms with E-state index in [1.54, 1.807) is 7.11 Å². The maximum Gasteiger partial charge on any atom is 0.237 e. The minimum absolute atomic E-state index is 0.115. The molecule has 0 saturated carbocycles. The molecule has 1 aliphatic rings. The number of ether oxygens (including phenoxy) is 1. The first-order valence-electron chi connectivity index (χ1n) is 10.3. The molecular formula is C26H22N2O2S. The van der Waals surface area contributed by atoms with Crippen LogP contribution in [0.4, 0.5) is 5.69 Å². The lowest BCUT2D eigenvalue weighted by atomic mass is 10.0. The number of hydrogen-bond acceptors (Lipinski definition) is 4. The average Bonchev–Trinajstić information content (AvgIpc) is 3.26. The second-order valence-corrected chi connectivity index (χ2v) is 8.47. The molecule has 4 nitrogen and oxygen atoms in total. The molecule has 1 amide bonds. The molecule has 1 aromatic heterocycles. The summed E-state index contributed by atoms with van der Waals surface area (Å²) in [6.07, 6.45) is 0.915. The molecule has 5 rings (SSSR count). The van der Waals surface area contributed by atoms with Crippen LogP contribution in [0.25, 0.3) is 22.0 Å². The third-order valence-electron chi connectivity index (χ3n) is 5.61. The van der Waals surface area contributed by atoms with Gasteiger partial charge in [0.1, 0.15) is 5.75 Å². The van der Waals surface area contributed by atoms with Crippen molar-refractivity contribution in [3.8, 4) is 16.9 Å². The lowest BCUT2D eigenvalue weighted by Gasteiger charge is -2.17. The summed E-state index contributed by atoms with van der Waals surface area (Å²) >= 11 is 1.48. The van der Waals surface area contributed by atoms with Gasteiger partial charge in [0.15, 0.2) is 0 Å². The van der Waals surface area contributed by atoms with Gasteiger partial charge in [-0.15, -0.1) is 0 Å². The molecule has 0 N–H and O–H groups in total. The summed E-state index contributed by atoms with van der Waals surface area (Å²) < 4.78 is 5.40. The normalized spacial score (nSPS) is 12.7. The zero-order valence-electron chi connectivity index (χ0n) is 17.2. The Morgan fingerprint density at radius 3 is 2.68 bits per heavy atom. The Morgan fingerprint density at radius 2 is 1.84 bits per heavy atom. The first-order chi connectivity index (χ1) is 15.2. The van der Waals surface area contributed by atoms with Crippen molar-refractivity contribution in [2.75, 3.05) is 24.3 Å². The Labute approximate surface area is 185 Å². The highest BCUT2D eigenvalue weighted by Crippen LogP contribution is 2.34. The summed E-state index contributed by atoms with van der Waals surface area (Å²) in [5.74, 6) is 1.24. The van der Waals surface area contributed by atoms with Crippen molar-refractivity contribution in [1.82, 2.24) is 4.98 Å². The van der Waals surface area contributed by atoms with Gasteiger partial charge in [-0.25, -0.2) is 4.98 Å². The number of para-hydroxylation sites is 1. The molecule has 2 heterocycles. The molecule has 0 fully saturated rings. The number of hydrogen-bond donors (Lipinski definition) is 0. The van der Waals surface area contributed by atoms with Crippen LogP contribution in [0.15, 0.2) is 83.9 Å². The van der Waals surface area contributed by atoms with Crippen LogP contribution < -0.4 is 9.64 Å². The van der Waals surface area contributed by atoms with E-state index in [2.05, 4.69) is 24.3 Å². The van der Waals surface area contributed by atoms with Gasteiger partial charge in [-0.05, 0) is 47.4 Å². The van der Waals surface area contributed by atoms with Crippen LogP contribution in [0, 0.1) is 0 Å². The van der Waals surface area contributed by atoms with Crippen LogP contribution in [0.2, 0.25) is 0 Å². The summed E-state index contributed by atoms with van der Waals surface area (Å²) in [6, 6.07) is 26.4. The van der Waals surface area contributed by atoms with Crippen molar-refractivity contribution in [2.24, 2.45) is 0 Å². The molecule has 1 aliphatic heterocycles. The van der Waals surface area contributed by atoms with E-state index in [4.69, 9.17) is 9.72 Å². The fraction of sp³-hybridized carbons (Fsp3) is 0.154. The number of fused-ring (bicyclic) bond motifs is 2. The van der Waals surface area contributed by atoms with Crippen molar-refractivity contribution < 1.29 is 9.53 Å². The minimum atomic E-state index is 0.115. The lowest BCUT2D eigenvalue weighted by molar-refractivity contribution is -0.116. The number of aromatic nitrogens is 1. The Bertz CT molecular complexity index is 1260. The maximum atomic E-state index is 13.0. The number of benzene rings is 3. The number of methoxy groups -OCH3 is 1. The Kier molecular flexibility index (Phi) is 5.35. The fourth-order valence-corrected chi connectivity index (χ4v) is 4.84. The van der Waals surface area contributed by atoms with E-state index in [-0.39, 0.29) is 5.91 Å². The number of rotatable bonds is 5. The van der Waals surface area contributed by atoms with Crippen LogP contribution >= 0.6 is 11.8 Å². The highest BCUT2D eigenvalue weighted by Gasteiger charge is 2.24. The molecule has 0 bridgehead atoms. The Morgan fingerprint density at radius 1 is 1.03 bits per heavy atom. The summed E-state index contributed by atoms with van der Waals surface area (Å²) in [5.41, 5.74) is 5.37. The number of pyridine rings is 1. The summed E-state index contributed by atoms with van der Waals surface area (Å²) in [4.78, 5) is 19.7. The number of thioether (sulfide) groups is 1. The summed E-state index contributed by atoms with van der Waals surface area (Å²) in [5, 5.41) is 1.90.